The van der Waals surface area contributed by atoms with Crippen LogP contribution in [-0.2, 0) is 0 Å². The molecular formula is C10H8O3S. The van der Waals surface area contributed by atoms with Crippen LogP contribution in [0.5, 0.6) is 0 Å². The average Bonchev–Trinajstić information content (AvgIpc) is 2.87. The second kappa shape index (κ2) is 3.77. The van der Waals surface area contributed by atoms with Crippen LogP contribution in [0.25, 0.3) is 0 Å². The summed E-state index contributed by atoms with van der Waals surface area (Å²) in [7, 11) is 0. The van der Waals surface area contributed by atoms with Gasteiger partial charge in [0.2, 0.25) is 5.78 Å². The van der Waals surface area contributed by atoms with E-state index in [0.29, 0.717) is 4.88 Å². The van der Waals surface area contributed by atoms with E-state index in [9.17, 15) is 9.90 Å². The number of carbonyl (C=O) groups is 1. The molecule has 0 amide bonds. The summed E-state index contributed by atoms with van der Waals surface area (Å²) in [6.45, 7) is 0. The zero-order valence-corrected chi connectivity index (χ0v) is 8.03. The highest BCUT2D eigenvalue weighted by molar-refractivity contribution is 7.10. The molecule has 0 fully saturated rings. The summed E-state index contributed by atoms with van der Waals surface area (Å²) in [5, 5.41) is 11.5. The van der Waals surface area contributed by atoms with Crippen LogP contribution in [0.3, 0.4) is 0 Å². The number of Topliss-reactive ketones (excluding diaryl/α,β-unsaturated/α-hetero) is 1. The maximum absolute atomic E-state index is 11.6. The molecule has 2 aromatic rings. The lowest BCUT2D eigenvalue weighted by Gasteiger charge is -2.03. The third-order valence-electron chi connectivity index (χ3n) is 1.83. The van der Waals surface area contributed by atoms with Crippen molar-refractivity contribution in [3.63, 3.8) is 0 Å². The highest BCUT2D eigenvalue weighted by Gasteiger charge is 2.21. The van der Waals surface area contributed by atoms with E-state index in [0.717, 1.165) is 0 Å². The smallest absolute Gasteiger partial charge is 0.231 e. The number of aliphatic hydroxyl groups is 1. The molecule has 72 valence electrons. The molecule has 0 bridgehead atoms. The molecule has 0 aliphatic rings. The number of ketones is 1. The van der Waals surface area contributed by atoms with Crippen LogP contribution in [0.15, 0.2) is 40.3 Å². The molecule has 3 nitrogen and oxygen atoms in total. The third kappa shape index (κ3) is 1.62. The third-order valence-corrected chi connectivity index (χ3v) is 2.75. The Bertz CT molecular complexity index is 403. The minimum absolute atomic E-state index is 0.186. The molecule has 0 spiro atoms. The second-order valence-electron chi connectivity index (χ2n) is 2.76. The first kappa shape index (κ1) is 9.18. The molecule has 1 N–H and O–H groups in total. The average molecular weight is 208 g/mol. The second-order valence-corrected chi connectivity index (χ2v) is 3.74. The van der Waals surface area contributed by atoms with Crippen molar-refractivity contribution in [1.29, 1.82) is 0 Å². The predicted octanol–water partition coefficient (Wildman–Crippen LogP) is 2.26. The van der Waals surface area contributed by atoms with Crippen LogP contribution in [-0.4, -0.2) is 10.9 Å². The first-order valence-corrected chi connectivity index (χ1v) is 4.96. The van der Waals surface area contributed by atoms with E-state index >= 15 is 0 Å². The summed E-state index contributed by atoms with van der Waals surface area (Å²) in [6, 6.07) is 6.67. The van der Waals surface area contributed by atoms with E-state index in [-0.39, 0.29) is 5.76 Å². The van der Waals surface area contributed by atoms with Crippen LogP contribution in [0.1, 0.15) is 21.5 Å². The van der Waals surface area contributed by atoms with Crippen molar-refractivity contribution in [3.05, 3.63) is 46.5 Å². The zero-order chi connectivity index (χ0) is 9.97. The predicted molar refractivity (Wildman–Crippen MR) is 52.3 cm³/mol. The lowest BCUT2D eigenvalue weighted by molar-refractivity contribution is 0.0724. The lowest BCUT2D eigenvalue weighted by atomic mass is 10.1. The van der Waals surface area contributed by atoms with Gasteiger partial charge in [0.05, 0.1) is 6.26 Å². The van der Waals surface area contributed by atoms with E-state index in [2.05, 4.69) is 0 Å². The molecule has 1 atom stereocenters. The Morgan fingerprint density at radius 3 is 2.86 bits per heavy atom. The summed E-state index contributed by atoms with van der Waals surface area (Å²) in [5.74, 6) is -0.219. The molecule has 2 aromatic heterocycles. The van der Waals surface area contributed by atoms with Gasteiger partial charge in [-0.25, -0.2) is 0 Å². The Kier molecular flexibility index (Phi) is 2.47. The van der Waals surface area contributed by atoms with E-state index in [1.807, 2.05) is 5.38 Å². The van der Waals surface area contributed by atoms with Gasteiger partial charge in [0.25, 0.3) is 0 Å². The van der Waals surface area contributed by atoms with E-state index in [1.54, 1.807) is 24.3 Å². The molecule has 4 heteroatoms. The van der Waals surface area contributed by atoms with Crippen LogP contribution in [0, 0.1) is 0 Å². The first-order valence-electron chi connectivity index (χ1n) is 4.08. The molecule has 2 heterocycles. The van der Waals surface area contributed by atoms with Crippen molar-refractivity contribution in [2.24, 2.45) is 0 Å². The Morgan fingerprint density at radius 1 is 1.43 bits per heavy atom. The van der Waals surface area contributed by atoms with Gasteiger partial charge in [-0.05, 0) is 23.6 Å². The molecule has 0 saturated heterocycles. The molecule has 0 radical (unpaired) electrons. The van der Waals surface area contributed by atoms with Crippen LogP contribution >= 0.6 is 11.3 Å². The number of carbonyl (C=O) groups excluding carboxylic acids is 1. The van der Waals surface area contributed by atoms with Crippen molar-refractivity contribution in [2.75, 3.05) is 0 Å². The molecule has 14 heavy (non-hydrogen) atoms. The standard InChI is InChI=1S/C10H8O3S/c11-9(7-3-1-5-13-7)10(12)8-4-2-6-14-8/h1-6,10,12H. The highest BCUT2D eigenvalue weighted by Crippen LogP contribution is 2.22. The summed E-state index contributed by atoms with van der Waals surface area (Å²) < 4.78 is 4.91. The lowest BCUT2D eigenvalue weighted by Crippen LogP contribution is -2.09. The fraction of sp³-hybridized carbons (Fsp3) is 0.100. The van der Waals surface area contributed by atoms with E-state index in [1.165, 1.54) is 17.6 Å². The quantitative estimate of drug-likeness (QED) is 0.787. The number of rotatable bonds is 3. The maximum Gasteiger partial charge on any atom is 0.231 e. The normalized spacial score (nSPS) is 12.6. The molecule has 0 aliphatic carbocycles. The largest absolute Gasteiger partial charge is 0.461 e. The number of thiophene rings is 1. The van der Waals surface area contributed by atoms with Gasteiger partial charge < -0.3 is 9.52 Å². The van der Waals surface area contributed by atoms with Crippen molar-refractivity contribution in [1.82, 2.24) is 0 Å². The molecule has 1 unspecified atom stereocenters. The summed E-state index contributed by atoms with van der Waals surface area (Å²) >= 11 is 1.34. The number of hydrogen-bond acceptors (Lipinski definition) is 4. The number of hydrogen-bond donors (Lipinski definition) is 1. The molecular weight excluding hydrogens is 200 g/mol. The maximum atomic E-state index is 11.6. The summed E-state index contributed by atoms with van der Waals surface area (Å²) in [4.78, 5) is 12.2. The molecule has 2 rings (SSSR count). The summed E-state index contributed by atoms with van der Waals surface area (Å²) in [5.41, 5.74) is 0. The number of aliphatic hydroxyl groups excluding tert-OH is 1. The summed E-state index contributed by atoms with van der Waals surface area (Å²) in [6.07, 6.45) is 0.301. The van der Waals surface area contributed by atoms with Crippen molar-refractivity contribution in [2.45, 2.75) is 6.10 Å². The van der Waals surface area contributed by atoms with Crippen LogP contribution < -0.4 is 0 Å². The highest BCUT2D eigenvalue weighted by atomic mass is 32.1. The van der Waals surface area contributed by atoms with Crippen LogP contribution in [0.2, 0.25) is 0 Å². The van der Waals surface area contributed by atoms with Gasteiger partial charge in [-0.15, -0.1) is 11.3 Å². The fourth-order valence-electron chi connectivity index (χ4n) is 1.13. The Labute approximate surface area is 84.6 Å². The molecule has 0 aliphatic heterocycles. The Hall–Kier alpha value is -1.39. The van der Waals surface area contributed by atoms with Gasteiger partial charge in [-0.1, -0.05) is 6.07 Å². The van der Waals surface area contributed by atoms with Crippen molar-refractivity contribution >= 4 is 17.1 Å². The van der Waals surface area contributed by atoms with Gasteiger partial charge in [-0.2, -0.15) is 0 Å². The Balaban J connectivity index is 2.21. The monoisotopic (exact) mass is 208 g/mol. The topological polar surface area (TPSA) is 50.4 Å². The van der Waals surface area contributed by atoms with Gasteiger partial charge in [0.1, 0.15) is 0 Å². The van der Waals surface area contributed by atoms with Gasteiger partial charge >= 0.3 is 0 Å². The van der Waals surface area contributed by atoms with Crippen molar-refractivity contribution < 1.29 is 14.3 Å². The minimum Gasteiger partial charge on any atom is -0.461 e. The van der Waals surface area contributed by atoms with Crippen LogP contribution in [0.4, 0.5) is 0 Å². The number of furan rings is 1. The zero-order valence-electron chi connectivity index (χ0n) is 7.21. The van der Waals surface area contributed by atoms with Gasteiger partial charge in [-0.3, -0.25) is 4.79 Å². The molecule has 0 aromatic carbocycles. The minimum atomic E-state index is -1.11. The SMILES string of the molecule is O=C(c1ccco1)C(O)c1cccs1. The van der Waals surface area contributed by atoms with Gasteiger partial charge in [0.15, 0.2) is 11.9 Å². The van der Waals surface area contributed by atoms with Crippen molar-refractivity contribution in [3.8, 4) is 0 Å². The fourth-order valence-corrected chi connectivity index (χ4v) is 1.84. The van der Waals surface area contributed by atoms with E-state index < -0.39 is 11.9 Å². The first-order chi connectivity index (χ1) is 6.79. The van der Waals surface area contributed by atoms with Gasteiger partial charge in [0, 0.05) is 4.88 Å². The Morgan fingerprint density at radius 2 is 2.29 bits per heavy atom. The van der Waals surface area contributed by atoms with E-state index in [4.69, 9.17) is 4.42 Å². The molecule has 0 saturated carbocycles.